The molecule has 1 saturated carbocycles. The van der Waals surface area contributed by atoms with Gasteiger partial charge in [0.2, 0.25) is 0 Å². The average Bonchev–Trinajstić information content (AvgIpc) is 3.34. The molecule has 1 aliphatic heterocycles. The van der Waals surface area contributed by atoms with E-state index < -0.39 is 11.7 Å². The number of ether oxygens (including phenoxy) is 2. The minimum atomic E-state index is -0.710. The van der Waals surface area contributed by atoms with E-state index in [9.17, 15) is 9.90 Å². The second-order valence-corrected chi connectivity index (χ2v) is 6.34. The lowest BCUT2D eigenvalue weighted by Crippen LogP contribution is -2.49. The van der Waals surface area contributed by atoms with Crippen LogP contribution in [-0.2, 0) is 16.1 Å². The molecular formula is C17H23NO4. The first kappa shape index (κ1) is 15.3. The lowest BCUT2D eigenvalue weighted by atomic mass is 9.78. The van der Waals surface area contributed by atoms with E-state index in [1.165, 1.54) is 0 Å². The minimum Gasteiger partial charge on any atom is -0.445 e. The Morgan fingerprint density at radius 2 is 1.86 bits per heavy atom. The molecule has 1 saturated heterocycles. The molecular weight excluding hydrogens is 282 g/mol. The molecule has 2 fully saturated rings. The SMILES string of the molecule is O=C(NCC1(C2(O)CCOCC2)CC1)OCc1ccccc1. The molecule has 22 heavy (non-hydrogen) atoms. The van der Waals surface area contributed by atoms with Gasteiger partial charge in [-0.05, 0) is 18.4 Å². The van der Waals surface area contributed by atoms with E-state index in [0.717, 1.165) is 18.4 Å². The largest absolute Gasteiger partial charge is 0.445 e. The number of rotatable bonds is 5. The van der Waals surface area contributed by atoms with E-state index in [2.05, 4.69) is 5.32 Å². The third-order valence-corrected chi connectivity index (χ3v) is 4.94. The van der Waals surface area contributed by atoms with Gasteiger partial charge in [0, 0.05) is 38.0 Å². The van der Waals surface area contributed by atoms with Crippen LogP contribution in [0.15, 0.2) is 30.3 Å². The summed E-state index contributed by atoms with van der Waals surface area (Å²) in [5.41, 5.74) is 0.0578. The molecule has 1 aliphatic carbocycles. The molecule has 0 bridgehead atoms. The highest BCUT2D eigenvalue weighted by molar-refractivity contribution is 5.67. The van der Waals surface area contributed by atoms with Crippen LogP contribution >= 0.6 is 0 Å². The van der Waals surface area contributed by atoms with Gasteiger partial charge in [0.15, 0.2) is 0 Å². The molecule has 0 radical (unpaired) electrons. The summed E-state index contributed by atoms with van der Waals surface area (Å²) < 4.78 is 10.5. The van der Waals surface area contributed by atoms with Gasteiger partial charge in [-0.3, -0.25) is 0 Å². The summed E-state index contributed by atoms with van der Waals surface area (Å²) in [5, 5.41) is 13.6. The molecule has 2 aliphatic rings. The molecule has 120 valence electrons. The van der Waals surface area contributed by atoms with E-state index in [-0.39, 0.29) is 12.0 Å². The van der Waals surface area contributed by atoms with Crippen LogP contribution in [0.5, 0.6) is 0 Å². The number of aliphatic hydroxyl groups is 1. The number of carbonyl (C=O) groups excluding carboxylic acids is 1. The Balaban J connectivity index is 1.46. The first-order valence-electron chi connectivity index (χ1n) is 7.88. The Bertz CT molecular complexity index is 507. The molecule has 0 unspecified atom stereocenters. The maximum atomic E-state index is 11.8. The van der Waals surface area contributed by atoms with Crippen molar-refractivity contribution in [1.82, 2.24) is 5.32 Å². The first-order valence-corrected chi connectivity index (χ1v) is 7.88. The summed E-state index contributed by atoms with van der Waals surface area (Å²) in [7, 11) is 0. The van der Waals surface area contributed by atoms with Crippen molar-refractivity contribution in [2.75, 3.05) is 19.8 Å². The van der Waals surface area contributed by atoms with Gasteiger partial charge in [0.05, 0.1) is 5.60 Å². The van der Waals surface area contributed by atoms with Gasteiger partial charge < -0.3 is 19.9 Å². The normalized spacial score (nSPS) is 21.9. The summed E-state index contributed by atoms with van der Waals surface area (Å²) in [6.45, 7) is 1.92. The van der Waals surface area contributed by atoms with E-state index in [0.29, 0.717) is 32.6 Å². The highest BCUT2D eigenvalue weighted by Gasteiger charge is 2.58. The second kappa shape index (κ2) is 6.26. The number of nitrogens with one attached hydrogen (secondary N) is 1. The predicted molar refractivity (Wildman–Crippen MR) is 81.3 cm³/mol. The highest BCUT2D eigenvalue weighted by atomic mass is 16.5. The van der Waals surface area contributed by atoms with Crippen LogP contribution in [0, 0.1) is 5.41 Å². The number of amides is 1. The minimum absolute atomic E-state index is 0.192. The molecule has 1 aromatic rings. The van der Waals surface area contributed by atoms with E-state index in [4.69, 9.17) is 9.47 Å². The van der Waals surface area contributed by atoms with Crippen molar-refractivity contribution in [2.45, 2.75) is 37.9 Å². The van der Waals surface area contributed by atoms with Crippen molar-refractivity contribution in [2.24, 2.45) is 5.41 Å². The standard InChI is InChI=1S/C17H23NO4/c19-15(22-12-14-4-2-1-3-5-14)18-13-16(6-7-16)17(20)8-10-21-11-9-17/h1-5,20H,6-13H2,(H,18,19). The van der Waals surface area contributed by atoms with Crippen molar-refractivity contribution in [3.63, 3.8) is 0 Å². The summed E-state index contributed by atoms with van der Waals surface area (Å²) >= 11 is 0. The monoisotopic (exact) mass is 305 g/mol. The number of benzene rings is 1. The third kappa shape index (κ3) is 3.25. The third-order valence-electron chi connectivity index (χ3n) is 4.94. The molecule has 1 amide bonds. The molecule has 0 aromatic heterocycles. The molecule has 1 heterocycles. The fourth-order valence-electron chi connectivity index (χ4n) is 3.21. The Labute approximate surface area is 130 Å². The molecule has 3 rings (SSSR count). The molecule has 2 N–H and O–H groups in total. The Morgan fingerprint density at radius 3 is 2.50 bits per heavy atom. The Morgan fingerprint density at radius 1 is 1.18 bits per heavy atom. The maximum Gasteiger partial charge on any atom is 0.407 e. The average molecular weight is 305 g/mol. The lowest BCUT2D eigenvalue weighted by molar-refractivity contribution is -0.108. The lowest BCUT2D eigenvalue weighted by Gasteiger charge is -2.39. The zero-order chi connectivity index (χ0) is 15.5. The van der Waals surface area contributed by atoms with E-state index in [1.54, 1.807) is 0 Å². The number of hydrogen-bond acceptors (Lipinski definition) is 4. The van der Waals surface area contributed by atoms with Crippen molar-refractivity contribution < 1.29 is 19.4 Å². The predicted octanol–water partition coefficient (Wildman–Crippen LogP) is 2.23. The summed E-state index contributed by atoms with van der Waals surface area (Å²) in [5.74, 6) is 0. The fraction of sp³-hybridized carbons (Fsp3) is 0.588. The molecule has 1 aromatic carbocycles. The van der Waals surface area contributed by atoms with Crippen LogP contribution in [0.3, 0.4) is 0 Å². The Hall–Kier alpha value is -1.59. The summed E-state index contributed by atoms with van der Waals surface area (Å²) in [4.78, 5) is 11.8. The molecule has 0 spiro atoms. The zero-order valence-corrected chi connectivity index (χ0v) is 12.7. The van der Waals surface area contributed by atoms with Crippen LogP contribution in [0.4, 0.5) is 4.79 Å². The Kier molecular flexibility index (Phi) is 4.36. The topological polar surface area (TPSA) is 67.8 Å². The second-order valence-electron chi connectivity index (χ2n) is 6.34. The first-order chi connectivity index (χ1) is 10.6. The van der Waals surface area contributed by atoms with Gasteiger partial charge in [-0.25, -0.2) is 4.79 Å². The van der Waals surface area contributed by atoms with Crippen LogP contribution in [-0.4, -0.2) is 36.6 Å². The highest BCUT2D eigenvalue weighted by Crippen LogP contribution is 2.57. The number of carbonyl (C=O) groups is 1. The molecule has 5 nitrogen and oxygen atoms in total. The molecule has 5 heteroatoms. The van der Waals surface area contributed by atoms with Crippen LogP contribution in [0.2, 0.25) is 0 Å². The van der Waals surface area contributed by atoms with Crippen LogP contribution in [0.1, 0.15) is 31.2 Å². The molecule has 0 atom stereocenters. The van der Waals surface area contributed by atoms with Crippen molar-refractivity contribution >= 4 is 6.09 Å². The quantitative estimate of drug-likeness (QED) is 0.875. The van der Waals surface area contributed by atoms with E-state index in [1.807, 2.05) is 30.3 Å². The van der Waals surface area contributed by atoms with Crippen molar-refractivity contribution in [1.29, 1.82) is 0 Å². The summed E-state index contributed by atoms with van der Waals surface area (Å²) in [6, 6.07) is 9.59. The summed E-state index contributed by atoms with van der Waals surface area (Å²) in [6.07, 6.45) is 2.76. The van der Waals surface area contributed by atoms with Crippen molar-refractivity contribution in [3.05, 3.63) is 35.9 Å². The van der Waals surface area contributed by atoms with Crippen molar-refractivity contribution in [3.8, 4) is 0 Å². The van der Waals surface area contributed by atoms with Gasteiger partial charge in [0.1, 0.15) is 6.61 Å². The van der Waals surface area contributed by atoms with Gasteiger partial charge in [-0.1, -0.05) is 30.3 Å². The van der Waals surface area contributed by atoms with Gasteiger partial charge in [-0.2, -0.15) is 0 Å². The van der Waals surface area contributed by atoms with Gasteiger partial charge >= 0.3 is 6.09 Å². The van der Waals surface area contributed by atoms with E-state index >= 15 is 0 Å². The van der Waals surface area contributed by atoms with Crippen LogP contribution < -0.4 is 5.32 Å². The maximum absolute atomic E-state index is 11.8. The smallest absolute Gasteiger partial charge is 0.407 e. The zero-order valence-electron chi connectivity index (χ0n) is 12.7. The van der Waals surface area contributed by atoms with Gasteiger partial charge in [0.25, 0.3) is 0 Å². The number of hydrogen-bond donors (Lipinski definition) is 2. The van der Waals surface area contributed by atoms with Gasteiger partial charge in [-0.15, -0.1) is 0 Å². The number of alkyl carbamates (subject to hydrolysis) is 1. The fourth-order valence-corrected chi connectivity index (χ4v) is 3.21. The van der Waals surface area contributed by atoms with Crippen LogP contribution in [0.25, 0.3) is 0 Å².